The molecule has 0 spiro atoms. The lowest BCUT2D eigenvalue weighted by Crippen LogP contribution is -2.62. The molecule has 3 fully saturated rings. The van der Waals surface area contributed by atoms with Crippen molar-refractivity contribution in [2.24, 2.45) is 23.7 Å². The summed E-state index contributed by atoms with van der Waals surface area (Å²) in [7, 11) is 6.85. The third-order valence-electron chi connectivity index (χ3n) is 15.2. The van der Waals surface area contributed by atoms with Gasteiger partial charge in [-0.15, -0.1) is 0 Å². The van der Waals surface area contributed by atoms with E-state index in [1.165, 1.54) is 14.0 Å². The van der Waals surface area contributed by atoms with Gasteiger partial charge in [-0.05, 0) is 99.9 Å². The molecule has 18 heteroatoms. The Kier molecular flexibility index (Phi) is 20.1. The summed E-state index contributed by atoms with van der Waals surface area (Å²) < 4.78 is 59.8. The van der Waals surface area contributed by atoms with Crippen molar-refractivity contribution in [1.29, 1.82) is 0 Å². The van der Waals surface area contributed by atoms with Gasteiger partial charge in [-0.25, -0.2) is 4.98 Å². The number of methoxy groups -OCH3 is 2. The normalized spacial score (nSPS) is 39.3. The Hall–Kier alpha value is -3.43. The minimum Gasteiger partial charge on any atom is -0.459 e. The van der Waals surface area contributed by atoms with Crippen LogP contribution < -0.4 is 0 Å². The highest BCUT2D eigenvalue weighted by molar-refractivity contribution is 5.83. The first-order valence-electron chi connectivity index (χ1n) is 25.1. The van der Waals surface area contributed by atoms with Crippen molar-refractivity contribution in [2.75, 3.05) is 34.9 Å². The highest BCUT2D eigenvalue weighted by Crippen LogP contribution is 2.42. The maximum atomic E-state index is 14.9. The number of carbonyl (C=O) groups is 3. The van der Waals surface area contributed by atoms with E-state index in [0.29, 0.717) is 19.4 Å². The molecule has 3 aliphatic rings. The largest absolute Gasteiger partial charge is 0.459 e. The lowest BCUT2D eigenvalue weighted by Gasteiger charge is -2.50. The SMILES string of the molecule is CC[C@H]1OC(=O)[C@H](C)[C@@H](O[C@H]2C[C@@](C)(OC)[C@@H](OC(C)=O)[C@H](C)O2)[C@H](C)[C@@H](OC2O[C@H](C)C[C@H](N(C)C)[C@H]2O)[C@@](C)(OC)C[C@@H](C)C(=O)[C@H](C)[C@@H](OCCCCn2cnc(-c3cccnc3)c2)[C@]1(C)O. The molecule has 5 heterocycles. The standard InChI is InChI=1S/C52H84N4O14/c1-16-40-52(11,61)46(64-23-18-17-22-56-28-38(54-29-56)37-20-19-21-53-27-37)32(4)42(58)30(2)25-50(9,62-14)45(70-49-43(59)39(55(12)13)24-31(3)65-49)33(5)44(34(6)48(60)68-40)69-41-26-51(10,63-15)47(35(7)66-41)67-36(8)57/h19-21,27-35,39-41,43-47,49,59,61H,16-18,22-26H2,1-15H3/t30-,31-,32+,33+,34-,35+,39+,40-,41+,43-,44+,45-,46-,47+,49?,50+,51-,52-/m1/s1. The lowest BCUT2D eigenvalue weighted by atomic mass is 9.73. The maximum absolute atomic E-state index is 14.9. The molecule has 0 radical (unpaired) electrons. The number of aliphatic hydroxyl groups excluding tert-OH is 1. The fraction of sp³-hybridized carbons (Fsp3) is 0.788. The summed E-state index contributed by atoms with van der Waals surface area (Å²) in [6.45, 7) is 20.1. The van der Waals surface area contributed by atoms with Gasteiger partial charge in [-0.1, -0.05) is 27.7 Å². The van der Waals surface area contributed by atoms with E-state index in [1.807, 2.05) is 83.4 Å². The van der Waals surface area contributed by atoms with Crippen molar-refractivity contribution < 1.29 is 67.2 Å². The van der Waals surface area contributed by atoms with Crippen molar-refractivity contribution in [3.63, 3.8) is 0 Å². The Morgan fingerprint density at radius 3 is 2.24 bits per heavy atom. The number of esters is 2. The van der Waals surface area contributed by atoms with E-state index in [1.54, 1.807) is 53.5 Å². The summed E-state index contributed by atoms with van der Waals surface area (Å²) in [4.78, 5) is 52.6. The van der Waals surface area contributed by atoms with Crippen LogP contribution in [0.2, 0.25) is 0 Å². The van der Waals surface area contributed by atoms with Crippen molar-refractivity contribution in [3.8, 4) is 11.3 Å². The first-order valence-corrected chi connectivity index (χ1v) is 25.1. The van der Waals surface area contributed by atoms with Gasteiger partial charge in [0.15, 0.2) is 18.7 Å². The number of nitrogens with zero attached hydrogens (tertiary/aromatic N) is 4. The van der Waals surface area contributed by atoms with Crippen LogP contribution in [-0.4, -0.2) is 167 Å². The average molecular weight is 989 g/mol. The maximum Gasteiger partial charge on any atom is 0.311 e. The molecule has 396 valence electrons. The fourth-order valence-corrected chi connectivity index (χ4v) is 11.0. The van der Waals surface area contributed by atoms with E-state index in [-0.39, 0.29) is 43.8 Å². The molecule has 0 aliphatic carbocycles. The highest BCUT2D eigenvalue weighted by Gasteiger charge is 2.55. The van der Waals surface area contributed by atoms with Crippen LogP contribution in [-0.2, 0) is 63.6 Å². The number of hydrogen-bond acceptors (Lipinski definition) is 17. The zero-order valence-electron chi connectivity index (χ0n) is 44.4. The van der Waals surface area contributed by atoms with Crippen LogP contribution in [0.15, 0.2) is 37.1 Å². The average Bonchev–Trinajstić information content (AvgIpc) is 3.80. The van der Waals surface area contributed by atoms with E-state index in [9.17, 15) is 24.6 Å². The molecule has 2 aromatic rings. The number of ether oxygens (including phenoxy) is 9. The number of rotatable bonds is 16. The van der Waals surface area contributed by atoms with Crippen LogP contribution in [0.3, 0.4) is 0 Å². The molecule has 5 rings (SSSR count). The molecule has 3 aliphatic heterocycles. The summed E-state index contributed by atoms with van der Waals surface area (Å²) in [5.74, 6) is -4.67. The number of aromatic nitrogens is 3. The van der Waals surface area contributed by atoms with Crippen molar-refractivity contribution >= 4 is 17.7 Å². The van der Waals surface area contributed by atoms with Gasteiger partial charge in [-0.3, -0.25) is 19.4 Å². The first kappa shape index (κ1) is 57.5. The monoisotopic (exact) mass is 989 g/mol. The first-order chi connectivity index (χ1) is 32.9. The summed E-state index contributed by atoms with van der Waals surface area (Å²) in [6, 6.07) is 3.52. The van der Waals surface area contributed by atoms with Crippen LogP contribution in [0.5, 0.6) is 0 Å². The number of aliphatic hydroxyl groups is 2. The molecular formula is C52H84N4O14. The second-order valence-corrected chi connectivity index (χ2v) is 21.0. The second-order valence-electron chi connectivity index (χ2n) is 21.0. The molecule has 2 aromatic heterocycles. The van der Waals surface area contributed by atoms with Crippen molar-refractivity contribution in [3.05, 3.63) is 37.1 Å². The molecule has 18 atom stereocenters. The van der Waals surface area contributed by atoms with Crippen molar-refractivity contribution in [1.82, 2.24) is 19.4 Å². The van der Waals surface area contributed by atoms with E-state index >= 15 is 0 Å². The minimum absolute atomic E-state index is 0.111. The molecule has 0 amide bonds. The second kappa shape index (κ2) is 24.5. The molecule has 70 heavy (non-hydrogen) atoms. The third-order valence-corrected chi connectivity index (χ3v) is 15.2. The van der Waals surface area contributed by atoms with Crippen LogP contribution in [0.25, 0.3) is 11.3 Å². The Bertz CT molecular complexity index is 1990. The Morgan fingerprint density at radius 1 is 0.943 bits per heavy atom. The topological polar surface area (TPSA) is 209 Å². The van der Waals surface area contributed by atoms with Gasteiger partial charge in [0.05, 0.1) is 54.1 Å². The van der Waals surface area contributed by atoms with Gasteiger partial charge in [0.1, 0.15) is 29.2 Å². The minimum atomic E-state index is -1.83. The third kappa shape index (κ3) is 13.4. The highest BCUT2D eigenvalue weighted by atomic mass is 16.7. The number of aryl methyl sites for hydroxylation is 1. The van der Waals surface area contributed by atoms with Crippen LogP contribution in [0, 0.1) is 23.7 Å². The fourth-order valence-electron chi connectivity index (χ4n) is 11.0. The van der Waals surface area contributed by atoms with Gasteiger partial charge in [0.2, 0.25) is 0 Å². The number of Topliss-reactive ketones (excluding diaryl/α,β-unsaturated/α-hetero) is 1. The predicted molar refractivity (Wildman–Crippen MR) is 259 cm³/mol. The van der Waals surface area contributed by atoms with Crippen LogP contribution >= 0.6 is 0 Å². The molecule has 2 N–H and O–H groups in total. The van der Waals surface area contributed by atoms with Gasteiger partial charge < -0.3 is 62.3 Å². The Labute approximate surface area is 415 Å². The molecule has 1 unspecified atom stereocenters. The molecule has 0 saturated carbocycles. The summed E-state index contributed by atoms with van der Waals surface area (Å²) in [5.41, 5.74) is -2.42. The molecule has 0 bridgehead atoms. The number of cyclic esters (lactones) is 1. The van der Waals surface area contributed by atoms with Gasteiger partial charge in [-0.2, -0.15) is 0 Å². The zero-order valence-corrected chi connectivity index (χ0v) is 44.4. The van der Waals surface area contributed by atoms with Gasteiger partial charge in [0.25, 0.3) is 0 Å². The molecule has 0 aromatic carbocycles. The Morgan fingerprint density at radius 2 is 1.63 bits per heavy atom. The number of likely N-dealkylation sites (N-methyl/N-ethyl adjacent to an activating group) is 1. The summed E-state index contributed by atoms with van der Waals surface area (Å²) in [5, 5.41) is 24.5. The van der Waals surface area contributed by atoms with Crippen molar-refractivity contribution in [2.45, 2.75) is 205 Å². The molecule has 18 nitrogen and oxygen atoms in total. The number of carbonyl (C=O) groups excluding carboxylic acids is 3. The predicted octanol–water partition coefficient (Wildman–Crippen LogP) is 5.77. The smallest absolute Gasteiger partial charge is 0.311 e. The quantitative estimate of drug-likeness (QED) is 0.151. The van der Waals surface area contributed by atoms with E-state index in [2.05, 4.69) is 9.97 Å². The number of unbranched alkanes of at least 4 members (excludes halogenated alkanes) is 1. The lowest BCUT2D eigenvalue weighted by molar-refractivity contribution is -0.320. The number of pyridine rings is 1. The van der Waals surface area contributed by atoms with E-state index in [0.717, 1.165) is 17.7 Å². The summed E-state index contributed by atoms with van der Waals surface area (Å²) in [6.07, 6.45) is 0.392. The summed E-state index contributed by atoms with van der Waals surface area (Å²) >= 11 is 0. The molecular weight excluding hydrogens is 905 g/mol. The van der Waals surface area contributed by atoms with Crippen LogP contribution in [0.4, 0.5) is 0 Å². The molecule has 3 saturated heterocycles. The zero-order chi connectivity index (χ0) is 51.9. The Balaban J connectivity index is 1.51. The number of ketones is 1. The van der Waals surface area contributed by atoms with E-state index in [4.69, 9.17) is 42.6 Å². The van der Waals surface area contributed by atoms with Gasteiger partial charge in [0, 0.05) is 88.7 Å². The number of imidazole rings is 1. The van der Waals surface area contributed by atoms with E-state index < -0.39 is 108 Å². The van der Waals surface area contributed by atoms with Gasteiger partial charge >= 0.3 is 11.9 Å². The number of hydrogen-bond donors (Lipinski definition) is 2. The van der Waals surface area contributed by atoms with Crippen LogP contribution in [0.1, 0.15) is 115 Å².